The molecular weight excluding hydrogens is 252 g/mol. The summed E-state index contributed by atoms with van der Waals surface area (Å²) >= 11 is 0. The van der Waals surface area contributed by atoms with Crippen molar-refractivity contribution in [2.24, 2.45) is 0 Å². The quantitative estimate of drug-likeness (QED) is 0.927. The summed E-state index contributed by atoms with van der Waals surface area (Å²) in [4.78, 5) is 14.3. The Morgan fingerprint density at radius 1 is 1.25 bits per heavy atom. The normalized spacial score (nSPS) is 19.1. The first-order valence-corrected chi connectivity index (χ1v) is 6.92. The number of rotatable bonds is 4. The molecule has 0 saturated carbocycles. The van der Waals surface area contributed by atoms with Crippen LogP contribution in [0.4, 0.5) is 0 Å². The fraction of sp³-hybridized carbons (Fsp3) is 0.312. The number of nitrogens with one attached hydrogen (secondary N) is 1. The molecule has 0 aliphatic carbocycles. The third-order valence-electron chi connectivity index (χ3n) is 3.60. The molecule has 1 N–H and O–H groups in total. The van der Waals surface area contributed by atoms with Gasteiger partial charge in [0.05, 0.1) is 6.26 Å². The molecule has 2 aromatic rings. The molecule has 1 atom stereocenters. The Balaban J connectivity index is 1.51. The SMILES string of the molecule is O=C(NC1CCN(Cc2ccccc2)C1)c1ccco1. The molecule has 1 aromatic heterocycles. The zero-order valence-corrected chi connectivity index (χ0v) is 11.3. The molecule has 20 heavy (non-hydrogen) atoms. The number of carbonyl (C=O) groups excluding carboxylic acids is 1. The topological polar surface area (TPSA) is 45.5 Å². The van der Waals surface area contributed by atoms with Crippen molar-refractivity contribution in [1.29, 1.82) is 0 Å². The van der Waals surface area contributed by atoms with Gasteiger partial charge in [0, 0.05) is 25.7 Å². The maximum Gasteiger partial charge on any atom is 0.287 e. The van der Waals surface area contributed by atoms with E-state index in [4.69, 9.17) is 4.42 Å². The van der Waals surface area contributed by atoms with Gasteiger partial charge in [0.25, 0.3) is 5.91 Å². The maximum atomic E-state index is 11.9. The van der Waals surface area contributed by atoms with Crippen molar-refractivity contribution >= 4 is 5.91 Å². The number of benzene rings is 1. The van der Waals surface area contributed by atoms with Crippen molar-refractivity contribution in [1.82, 2.24) is 10.2 Å². The molecule has 1 aliphatic heterocycles. The zero-order chi connectivity index (χ0) is 13.8. The van der Waals surface area contributed by atoms with Crippen molar-refractivity contribution < 1.29 is 9.21 Å². The molecule has 1 saturated heterocycles. The van der Waals surface area contributed by atoms with Crippen LogP contribution in [0.2, 0.25) is 0 Å². The molecule has 4 heteroatoms. The summed E-state index contributed by atoms with van der Waals surface area (Å²) in [5.74, 6) is 0.257. The lowest BCUT2D eigenvalue weighted by atomic mass is 10.2. The van der Waals surface area contributed by atoms with Gasteiger partial charge >= 0.3 is 0 Å². The molecule has 0 bridgehead atoms. The van der Waals surface area contributed by atoms with Gasteiger partial charge in [-0.3, -0.25) is 9.69 Å². The largest absolute Gasteiger partial charge is 0.459 e. The average Bonchev–Trinajstić information content (AvgIpc) is 3.11. The second-order valence-electron chi connectivity index (χ2n) is 5.16. The second-order valence-corrected chi connectivity index (χ2v) is 5.16. The van der Waals surface area contributed by atoms with Crippen LogP contribution in [-0.2, 0) is 6.54 Å². The van der Waals surface area contributed by atoms with E-state index in [0.29, 0.717) is 5.76 Å². The van der Waals surface area contributed by atoms with E-state index in [2.05, 4.69) is 34.5 Å². The first-order valence-electron chi connectivity index (χ1n) is 6.92. The molecule has 3 rings (SSSR count). The van der Waals surface area contributed by atoms with Gasteiger partial charge < -0.3 is 9.73 Å². The van der Waals surface area contributed by atoms with Crippen molar-refractivity contribution in [2.75, 3.05) is 13.1 Å². The van der Waals surface area contributed by atoms with Gasteiger partial charge in [0.15, 0.2) is 5.76 Å². The first-order chi connectivity index (χ1) is 9.81. The standard InChI is InChI=1S/C16H18N2O2/c19-16(15-7-4-10-20-15)17-14-8-9-18(12-14)11-13-5-2-1-3-6-13/h1-7,10,14H,8-9,11-12H2,(H,17,19). The number of nitrogens with zero attached hydrogens (tertiary/aromatic N) is 1. The van der Waals surface area contributed by atoms with Gasteiger partial charge in [-0.1, -0.05) is 30.3 Å². The Kier molecular flexibility index (Phi) is 3.83. The molecule has 1 amide bonds. The molecule has 1 fully saturated rings. The Morgan fingerprint density at radius 2 is 2.10 bits per heavy atom. The summed E-state index contributed by atoms with van der Waals surface area (Å²) in [5, 5.41) is 3.02. The average molecular weight is 270 g/mol. The van der Waals surface area contributed by atoms with E-state index in [1.54, 1.807) is 12.1 Å². The van der Waals surface area contributed by atoms with E-state index < -0.39 is 0 Å². The van der Waals surface area contributed by atoms with Gasteiger partial charge in [-0.15, -0.1) is 0 Å². The fourth-order valence-corrected chi connectivity index (χ4v) is 2.60. The Hall–Kier alpha value is -2.07. The van der Waals surface area contributed by atoms with Crippen LogP contribution in [-0.4, -0.2) is 29.9 Å². The first kappa shape index (κ1) is 12.9. The lowest BCUT2D eigenvalue weighted by Crippen LogP contribution is -2.36. The lowest BCUT2D eigenvalue weighted by Gasteiger charge is -2.16. The van der Waals surface area contributed by atoms with E-state index >= 15 is 0 Å². The Labute approximate surface area is 118 Å². The van der Waals surface area contributed by atoms with Crippen LogP contribution < -0.4 is 5.32 Å². The van der Waals surface area contributed by atoms with Gasteiger partial charge in [-0.05, 0) is 24.1 Å². The lowest BCUT2D eigenvalue weighted by molar-refractivity contribution is 0.0909. The van der Waals surface area contributed by atoms with Gasteiger partial charge in [-0.2, -0.15) is 0 Å². The van der Waals surface area contributed by atoms with Gasteiger partial charge in [0.2, 0.25) is 0 Å². The van der Waals surface area contributed by atoms with Gasteiger partial charge in [0.1, 0.15) is 0 Å². The van der Waals surface area contributed by atoms with Crippen molar-refractivity contribution in [3.8, 4) is 0 Å². The summed E-state index contributed by atoms with van der Waals surface area (Å²) in [6.07, 6.45) is 2.50. The van der Waals surface area contributed by atoms with E-state index in [1.807, 2.05) is 6.07 Å². The summed E-state index contributed by atoms with van der Waals surface area (Å²) in [7, 11) is 0. The summed E-state index contributed by atoms with van der Waals surface area (Å²) in [5.41, 5.74) is 1.31. The van der Waals surface area contributed by atoms with E-state index in [-0.39, 0.29) is 11.9 Å². The summed E-state index contributed by atoms with van der Waals surface area (Å²) in [6, 6.07) is 14.0. The Bertz CT molecular complexity index is 551. The summed E-state index contributed by atoms with van der Waals surface area (Å²) < 4.78 is 5.10. The molecule has 0 spiro atoms. The minimum absolute atomic E-state index is 0.124. The number of amides is 1. The Morgan fingerprint density at radius 3 is 2.85 bits per heavy atom. The molecule has 1 aliphatic rings. The van der Waals surface area contributed by atoms with Crippen LogP contribution in [0, 0.1) is 0 Å². The highest BCUT2D eigenvalue weighted by molar-refractivity contribution is 5.91. The smallest absolute Gasteiger partial charge is 0.287 e. The fourth-order valence-electron chi connectivity index (χ4n) is 2.60. The molecule has 0 radical (unpaired) electrons. The molecular formula is C16H18N2O2. The summed E-state index contributed by atoms with van der Waals surface area (Å²) in [6.45, 7) is 2.84. The van der Waals surface area contributed by atoms with Crippen LogP contribution in [0.1, 0.15) is 22.5 Å². The highest BCUT2D eigenvalue weighted by Crippen LogP contribution is 2.14. The number of carbonyl (C=O) groups is 1. The molecule has 1 unspecified atom stereocenters. The van der Waals surface area contributed by atoms with Crippen molar-refractivity contribution in [3.05, 3.63) is 60.1 Å². The molecule has 4 nitrogen and oxygen atoms in total. The number of hydrogen-bond acceptors (Lipinski definition) is 3. The monoisotopic (exact) mass is 270 g/mol. The highest BCUT2D eigenvalue weighted by atomic mass is 16.3. The predicted octanol–water partition coefficient (Wildman–Crippen LogP) is 2.28. The number of hydrogen-bond donors (Lipinski definition) is 1. The van der Waals surface area contributed by atoms with E-state index in [1.165, 1.54) is 11.8 Å². The third-order valence-corrected chi connectivity index (χ3v) is 3.60. The van der Waals surface area contributed by atoms with Crippen molar-refractivity contribution in [2.45, 2.75) is 19.0 Å². The zero-order valence-electron chi connectivity index (χ0n) is 11.3. The number of likely N-dealkylation sites (tertiary alicyclic amines) is 1. The highest BCUT2D eigenvalue weighted by Gasteiger charge is 2.24. The third kappa shape index (κ3) is 3.08. The molecule has 104 valence electrons. The van der Waals surface area contributed by atoms with E-state index in [9.17, 15) is 4.79 Å². The van der Waals surface area contributed by atoms with Crippen LogP contribution in [0.3, 0.4) is 0 Å². The van der Waals surface area contributed by atoms with Gasteiger partial charge in [-0.25, -0.2) is 0 Å². The van der Waals surface area contributed by atoms with Crippen molar-refractivity contribution in [3.63, 3.8) is 0 Å². The van der Waals surface area contributed by atoms with Crippen LogP contribution in [0.5, 0.6) is 0 Å². The minimum atomic E-state index is -0.124. The second kappa shape index (κ2) is 5.92. The maximum absolute atomic E-state index is 11.9. The van der Waals surface area contributed by atoms with E-state index in [0.717, 1.165) is 26.1 Å². The predicted molar refractivity (Wildman–Crippen MR) is 76.3 cm³/mol. The van der Waals surface area contributed by atoms with Crippen LogP contribution >= 0.6 is 0 Å². The minimum Gasteiger partial charge on any atom is -0.459 e. The number of furan rings is 1. The van der Waals surface area contributed by atoms with Crippen LogP contribution in [0.25, 0.3) is 0 Å². The molecule has 1 aromatic carbocycles. The molecule has 2 heterocycles. The van der Waals surface area contributed by atoms with Crippen LogP contribution in [0.15, 0.2) is 53.1 Å².